The zero-order chi connectivity index (χ0) is 12.8. The lowest BCUT2D eigenvalue weighted by atomic mass is 10.2. The van der Waals surface area contributed by atoms with E-state index in [1.165, 1.54) is 5.56 Å². The summed E-state index contributed by atoms with van der Waals surface area (Å²) < 4.78 is 5.77. The topological polar surface area (TPSA) is 34.1 Å². The van der Waals surface area contributed by atoms with Gasteiger partial charge in [0.25, 0.3) is 0 Å². The van der Waals surface area contributed by atoms with E-state index >= 15 is 0 Å². The van der Waals surface area contributed by atoms with Gasteiger partial charge in [-0.2, -0.15) is 0 Å². The smallest absolute Gasteiger partial charge is 0.132 e. The van der Waals surface area contributed by atoms with E-state index in [9.17, 15) is 0 Å². The van der Waals surface area contributed by atoms with Crippen LogP contribution in [0, 0.1) is 6.92 Å². The van der Waals surface area contributed by atoms with E-state index in [0.29, 0.717) is 0 Å². The second-order valence-corrected chi connectivity index (χ2v) is 4.22. The van der Waals surface area contributed by atoms with Gasteiger partial charge < -0.3 is 10.1 Å². The van der Waals surface area contributed by atoms with Crippen molar-refractivity contribution in [3.8, 4) is 11.5 Å². The lowest BCUT2D eigenvalue weighted by Crippen LogP contribution is -2.01. The lowest BCUT2D eigenvalue weighted by Gasteiger charge is -2.08. The van der Waals surface area contributed by atoms with E-state index in [1.807, 2.05) is 36.4 Å². The number of nitrogens with one attached hydrogen (secondary N) is 1. The third-order valence-electron chi connectivity index (χ3n) is 2.54. The van der Waals surface area contributed by atoms with Gasteiger partial charge in [0.2, 0.25) is 0 Å². The molecule has 94 valence electrons. The van der Waals surface area contributed by atoms with Crippen LogP contribution >= 0.6 is 0 Å². The second kappa shape index (κ2) is 6.05. The van der Waals surface area contributed by atoms with Gasteiger partial charge >= 0.3 is 0 Å². The standard InChI is InChI=1S/C15H18N2O/c1-3-9-16-15-11-14(8-10-17-15)18-13-6-4-12(2)5-7-13/h4-8,10-11H,3,9H2,1-2H3,(H,16,17). The number of benzene rings is 1. The van der Waals surface area contributed by atoms with Crippen molar-refractivity contribution in [1.29, 1.82) is 0 Å². The third-order valence-corrected chi connectivity index (χ3v) is 2.54. The lowest BCUT2D eigenvalue weighted by molar-refractivity contribution is 0.482. The van der Waals surface area contributed by atoms with Gasteiger partial charge in [-0.25, -0.2) is 4.98 Å². The fourth-order valence-electron chi connectivity index (χ4n) is 1.57. The number of anilines is 1. The maximum atomic E-state index is 5.77. The summed E-state index contributed by atoms with van der Waals surface area (Å²) in [5.74, 6) is 2.49. The van der Waals surface area contributed by atoms with Crippen LogP contribution in [0.25, 0.3) is 0 Å². The first kappa shape index (κ1) is 12.4. The minimum atomic E-state index is 0.799. The summed E-state index contributed by atoms with van der Waals surface area (Å²) in [6.07, 6.45) is 2.83. The fraction of sp³-hybridized carbons (Fsp3) is 0.267. The molecule has 1 aromatic carbocycles. The third kappa shape index (κ3) is 3.48. The summed E-state index contributed by atoms with van der Waals surface area (Å²) in [4.78, 5) is 4.24. The highest BCUT2D eigenvalue weighted by Gasteiger charge is 1.99. The van der Waals surface area contributed by atoms with Crippen molar-refractivity contribution >= 4 is 5.82 Å². The molecule has 3 nitrogen and oxygen atoms in total. The van der Waals surface area contributed by atoms with Gasteiger partial charge in [0.05, 0.1) is 0 Å². The highest BCUT2D eigenvalue weighted by atomic mass is 16.5. The zero-order valence-corrected chi connectivity index (χ0v) is 10.8. The molecule has 18 heavy (non-hydrogen) atoms. The number of rotatable bonds is 5. The van der Waals surface area contributed by atoms with Crippen molar-refractivity contribution in [3.63, 3.8) is 0 Å². The van der Waals surface area contributed by atoms with Crippen LogP contribution in [0.15, 0.2) is 42.6 Å². The molecule has 0 amide bonds. The van der Waals surface area contributed by atoms with Gasteiger partial charge in [0, 0.05) is 18.8 Å². The van der Waals surface area contributed by atoms with Gasteiger partial charge in [-0.3, -0.25) is 0 Å². The van der Waals surface area contributed by atoms with Crippen molar-refractivity contribution in [3.05, 3.63) is 48.2 Å². The van der Waals surface area contributed by atoms with Crippen LogP contribution in [0.2, 0.25) is 0 Å². The van der Waals surface area contributed by atoms with Gasteiger partial charge in [-0.05, 0) is 31.5 Å². The van der Waals surface area contributed by atoms with Crippen molar-refractivity contribution in [1.82, 2.24) is 4.98 Å². The summed E-state index contributed by atoms with van der Waals surface area (Å²) in [5.41, 5.74) is 1.22. The Morgan fingerprint density at radius 2 is 1.89 bits per heavy atom. The second-order valence-electron chi connectivity index (χ2n) is 4.22. The van der Waals surface area contributed by atoms with E-state index < -0.39 is 0 Å². The SMILES string of the molecule is CCCNc1cc(Oc2ccc(C)cc2)ccn1. The molecule has 1 heterocycles. The Labute approximate surface area is 108 Å². The van der Waals surface area contributed by atoms with E-state index in [0.717, 1.165) is 30.3 Å². The maximum Gasteiger partial charge on any atom is 0.132 e. The van der Waals surface area contributed by atoms with E-state index in [1.54, 1.807) is 6.20 Å². The molecule has 0 aliphatic carbocycles. The minimum absolute atomic E-state index is 0.799. The van der Waals surface area contributed by atoms with Crippen LogP contribution in [0.1, 0.15) is 18.9 Å². The van der Waals surface area contributed by atoms with Crippen molar-refractivity contribution in [2.45, 2.75) is 20.3 Å². The van der Waals surface area contributed by atoms with Crippen LogP contribution in [0.5, 0.6) is 11.5 Å². The molecule has 0 unspecified atom stereocenters. The van der Waals surface area contributed by atoms with Crippen LogP contribution in [-0.2, 0) is 0 Å². The van der Waals surface area contributed by atoms with Crippen LogP contribution in [0.4, 0.5) is 5.82 Å². The molecule has 0 aliphatic heterocycles. The van der Waals surface area contributed by atoms with E-state index in [-0.39, 0.29) is 0 Å². The van der Waals surface area contributed by atoms with Gasteiger partial charge in [0.15, 0.2) is 0 Å². The molecule has 1 aromatic heterocycles. The summed E-state index contributed by atoms with van der Waals surface area (Å²) in [7, 11) is 0. The molecule has 0 spiro atoms. The Morgan fingerprint density at radius 3 is 2.61 bits per heavy atom. The van der Waals surface area contributed by atoms with Crippen LogP contribution < -0.4 is 10.1 Å². The summed E-state index contributed by atoms with van der Waals surface area (Å²) in [5, 5.41) is 3.24. The molecule has 2 aromatic rings. The summed E-state index contributed by atoms with van der Waals surface area (Å²) in [6, 6.07) is 11.8. The number of aryl methyl sites for hydroxylation is 1. The van der Waals surface area contributed by atoms with Crippen LogP contribution in [0.3, 0.4) is 0 Å². The minimum Gasteiger partial charge on any atom is -0.457 e. The maximum absolute atomic E-state index is 5.77. The first-order valence-corrected chi connectivity index (χ1v) is 6.22. The average molecular weight is 242 g/mol. The Balaban J connectivity index is 2.06. The quantitative estimate of drug-likeness (QED) is 0.860. The molecule has 0 aliphatic rings. The normalized spacial score (nSPS) is 10.1. The fourth-order valence-corrected chi connectivity index (χ4v) is 1.57. The number of nitrogens with zero attached hydrogens (tertiary/aromatic N) is 1. The first-order valence-electron chi connectivity index (χ1n) is 6.22. The molecule has 0 saturated carbocycles. The van der Waals surface area contributed by atoms with Crippen molar-refractivity contribution in [2.24, 2.45) is 0 Å². The molecule has 0 saturated heterocycles. The molecule has 3 heteroatoms. The van der Waals surface area contributed by atoms with Gasteiger partial charge in [-0.1, -0.05) is 24.6 Å². The predicted molar refractivity (Wildman–Crippen MR) is 74.3 cm³/mol. The highest BCUT2D eigenvalue weighted by Crippen LogP contribution is 2.22. The molecule has 0 atom stereocenters. The number of hydrogen-bond acceptors (Lipinski definition) is 3. The number of aromatic nitrogens is 1. The van der Waals surface area contributed by atoms with Crippen molar-refractivity contribution in [2.75, 3.05) is 11.9 Å². The molecular weight excluding hydrogens is 224 g/mol. The van der Waals surface area contributed by atoms with E-state index in [2.05, 4.69) is 24.1 Å². The zero-order valence-electron chi connectivity index (χ0n) is 10.8. The summed E-state index contributed by atoms with van der Waals surface area (Å²) in [6.45, 7) is 5.10. The monoisotopic (exact) mass is 242 g/mol. The Hall–Kier alpha value is -2.03. The predicted octanol–water partition coefficient (Wildman–Crippen LogP) is 4.00. The average Bonchev–Trinajstić information content (AvgIpc) is 2.40. The summed E-state index contributed by atoms with van der Waals surface area (Å²) >= 11 is 0. The Kier molecular flexibility index (Phi) is 4.18. The Morgan fingerprint density at radius 1 is 1.11 bits per heavy atom. The number of ether oxygens (including phenoxy) is 1. The molecule has 0 fully saturated rings. The van der Waals surface area contributed by atoms with E-state index in [4.69, 9.17) is 4.74 Å². The molecule has 0 bridgehead atoms. The van der Waals surface area contributed by atoms with Crippen LogP contribution in [-0.4, -0.2) is 11.5 Å². The highest BCUT2D eigenvalue weighted by molar-refractivity contribution is 5.42. The number of pyridine rings is 1. The van der Waals surface area contributed by atoms with Gasteiger partial charge in [-0.15, -0.1) is 0 Å². The molecular formula is C15H18N2O. The Bertz CT molecular complexity index is 494. The molecule has 1 N–H and O–H groups in total. The van der Waals surface area contributed by atoms with Crippen molar-refractivity contribution < 1.29 is 4.74 Å². The first-order chi connectivity index (χ1) is 8.78. The largest absolute Gasteiger partial charge is 0.457 e. The number of hydrogen-bond donors (Lipinski definition) is 1. The van der Waals surface area contributed by atoms with Gasteiger partial charge in [0.1, 0.15) is 17.3 Å². The molecule has 0 radical (unpaired) electrons. The molecule has 2 rings (SSSR count).